The SMILES string of the molecule is O=C1CC(CBr)CN1c1ccc(O)cc1[N+](=O)[O-]. The van der Waals surface area contributed by atoms with Gasteiger partial charge in [-0.05, 0) is 18.1 Å². The molecule has 0 aliphatic carbocycles. The fourth-order valence-corrected chi connectivity index (χ4v) is 2.44. The van der Waals surface area contributed by atoms with Crippen molar-refractivity contribution in [2.45, 2.75) is 6.42 Å². The van der Waals surface area contributed by atoms with Crippen LogP contribution in [-0.4, -0.2) is 27.8 Å². The Balaban J connectivity index is 2.39. The molecule has 2 rings (SSSR count). The number of benzene rings is 1. The van der Waals surface area contributed by atoms with Crippen LogP contribution in [-0.2, 0) is 4.79 Å². The predicted octanol–water partition coefficient (Wildman–Crippen LogP) is 2.05. The standard InChI is InChI=1S/C11H11BrN2O4/c12-5-7-3-11(16)13(6-7)9-2-1-8(15)4-10(9)14(17)18/h1-2,4,7,15H,3,5-6H2. The maximum absolute atomic E-state index is 11.8. The highest BCUT2D eigenvalue weighted by Crippen LogP contribution is 2.35. The van der Waals surface area contributed by atoms with Crippen molar-refractivity contribution in [1.29, 1.82) is 0 Å². The van der Waals surface area contributed by atoms with Gasteiger partial charge in [0.25, 0.3) is 5.69 Å². The highest BCUT2D eigenvalue weighted by Gasteiger charge is 2.33. The predicted molar refractivity (Wildman–Crippen MR) is 69.0 cm³/mol. The zero-order valence-electron chi connectivity index (χ0n) is 9.38. The normalized spacial score (nSPS) is 19.3. The number of hydrogen-bond donors (Lipinski definition) is 1. The number of rotatable bonds is 3. The molecule has 0 saturated carbocycles. The lowest BCUT2D eigenvalue weighted by atomic mass is 10.2. The molecule has 1 aromatic carbocycles. The molecule has 1 atom stereocenters. The van der Waals surface area contributed by atoms with Crippen LogP contribution in [0.3, 0.4) is 0 Å². The molecule has 0 radical (unpaired) electrons. The second kappa shape index (κ2) is 4.93. The molecule has 18 heavy (non-hydrogen) atoms. The van der Waals surface area contributed by atoms with E-state index in [1.807, 2.05) is 0 Å². The first kappa shape index (κ1) is 12.8. The summed E-state index contributed by atoms with van der Waals surface area (Å²) in [6.07, 6.45) is 0.378. The van der Waals surface area contributed by atoms with Gasteiger partial charge in [0.2, 0.25) is 5.91 Å². The van der Waals surface area contributed by atoms with E-state index in [-0.39, 0.29) is 28.9 Å². The van der Waals surface area contributed by atoms with E-state index in [9.17, 15) is 20.0 Å². The Hall–Kier alpha value is -1.63. The van der Waals surface area contributed by atoms with Gasteiger partial charge < -0.3 is 10.0 Å². The lowest BCUT2D eigenvalue weighted by molar-refractivity contribution is -0.384. The summed E-state index contributed by atoms with van der Waals surface area (Å²) in [6, 6.07) is 3.81. The summed E-state index contributed by atoms with van der Waals surface area (Å²) in [7, 11) is 0. The van der Waals surface area contributed by atoms with E-state index in [4.69, 9.17) is 0 Å². The van der Waals surface area contributed by atoms with Crippen molar-refractivity contribution in [3.63, 3.8) is 0 Å². The third-order valence-corrected chi connectivity index (χ3v) is 3.79. The van der Waals surface area contributed by atoms with Crippen LogP contribution < -0.4 is 4.90 Å². The average molecular weight is 315 g/mol. The molecule has 96 valence electrons. The molecular formula is C11H11BrN2O4. The van der Waals surface area contributed by atoms with Crippen molar-refractivity contribution < 1.29 is 14.8 Å². The number of phenols is 1. The van der Waals surface area contributed by atoms with Crippen LogP contribution in [0.2, 0.25) is 0 Å². The maximum atomic E-state index is 11.8. The number of halogens is 1. The molecule has 1 amide bonds. The van der Waals surface area contributed by atoms with E-state index in [2.05, 4.69) is 15.9 Å². The van der Waals surface area contributed by atoms with Gasteiger partial charge in [-0.2, -0.15) is 0 Å². The van der Waals surface area contributed by atoms with Gasteiger partial charge in [0.05, 0.1) is 11.0 Å². The van der Waals surface area contributed by atoms with Crippen LogP contribution in [0.5, 0.6) is 5.75 Å². The van der Waals surface area contributed by atoms with Gasteiger partial charge >= 0.3 is 0 Å². The van der Waals surface area contributed by atoms with Crippen molar-refractivity contribution >= 4 is 33.2 Å². The van der Waals surface area contributed by atoms with Crippen molar-refractivity contribution in [3.8, 4) is 5.75 Å². The lowest BCUT2D eigenvalue weighted by Crippen LogP contribution is -2.25. The minimum absolute atomic E-state index is 0.131. The molecule has 1 unspecified atom stereocenters. The summed E-state index contributed by atoms with van der Waals surface area (Å²) in [5.41, 5.74) is -0.00942. The average Bonchev–Trinajstić information content (AvgIpc) is 2.70. The van der Waals surface area contributed by atoms with Gasteiger partial charge in [0.15, 0.2) is 0 Å². The smallest absolute Gasteiger partial charge is 0.296 e. The Morgan fingerprint density at radius 2 is 2.28 bits per heavy atom. The summed E-state index contributed by atoms with van der Waals surface area (Å²) in [6.45, 7) is 0.454. The first-order valence-corrected chi connectivity index (χ1v) is 6.48. The Bertz CT molecular complexity index is 506. The van der Waals surface area contributed by atoms with Crippen molar-refractivity contribution in [1.82, 2.24) is 0 Å². The number of amides is 1. The first-order chi connectivity index (χ1) is 8.52. The number of aromatic hydroxyl groups is 1. The Morgan fingerprint density at radius 1 is 1.56 bits per heavy atom. The van der Waals surface area contributed by atoms with E-state index >= 15 is 0 Å². The highest BCUT2D eigenvalue weighted by molar-refractivity contribution is 9.09. The minimum atomic E-state index is -0.593. The van der Waals surface area contributed by atoms with E-state index in [0.717, 1.165) is 6.07 Å². The topological polar surface area (TPSA) is 83.7 Å². The number of nitrogens with zero attached hydrogens (tertiary/aromatic N) is 2. The van der Waals surface area contributed by atoms with Crippen molar-refractivity contribution in [3.05, 3.63) is 28.3 Å². The Labute approximate surface area is 111 Å². The molecular weight excluding hydrogens is 304 g/mol. The number of carbonyl (C=O) groups excluding carboxylic acids is 1. The number of nitro groups is 1. The zero-order chi connectivity index (χ0) is 13.3. The zero-order valence-corrected chi connectivity index (χ0v) is 11.0. The molecule has 0 aromatic heterocycles. The Morgan fingerprint density at radius 3 is 2.83 bits per heavy atom. The molecule has 0 spiro atoms. The van der Waals surface area contributed by atoms with Crippen LogP contribution in [0, 0.1) is 16.0 Å². The van der Waals surface area contributed by atoms with Gasteiger partial charge in [0.1, 0.15) is 11.4 Å². The van der Waals surface area contributed by atoms with Crippen LogP contribution in [0.4, 0.5) is 11.4 Å². The molecule has 7 heteroatoms. The highest BCUT2D eigenvalue weighted by atomic mass is 79.9. The first-order valence-electron chi connectivity index (χ1n) is 5.36. The van der Waals surface area contributed by atoms with Gasteiger partial charge in [-0.1, -0.05) is 15.9 Å². The van der Waals surface area contributed by atoms with Crippen LogP contribution >= 0.6 is 15.9 Å². The summed E-state index contributed by atoms with van der Waals surface area (Å²) in [4.78, 5) is 23.6. The summed E-state index contributed by atoms with van der Waals surface area (Å²) in [5.74, 6) is -0.159. The van der Waals surface area contributed by atoms with Gasteiger partial charge in [-0.15, -0.1) is 0 Å². The number of hydrogen-bond acceptors (Lipinski definition) is 4. The van der Waals surface area contributed by atoms with Crippen LogP contribution in [0.25, 0.3) is 0 Å². The molecule has 1 saturated heterocycles. The fraction of sp³-hybridized carbons (Fsp3) is 0.364. The van der Waals surface area contributed by atoms with E-state index < -0.39 is 4.92 Å². The third-order valence-electron chi connectivity index (χ3n) is 2.87. The largest absolute Gasteiger partial charge is 0.508 e. The molecule has 1 aliphatic rings. The molecule has 1 fully saturated rings. The maximum Gasteiger partial charge on any atom is 0.296 e. The van der Waals surface area contributed by atoms with Crippen LogP contribution in [0.15, 0.2) is 18.2 Å². The van der Waals surface area contributed by atoms with E-state index in [1.165, 1.54) is 17.0 Å². The fourth-order valence-electron chi connectivity index (χ4n) is 2.00. The molecule has 1 aromatic rings. The molecule has 6 nitrogen and oxygen atoms in total. The molecule has 1 aliphatic heterocycles. The Kier molecular flexibility index (Phi) is 3.51. The molecule has 1 heterocycles. The number of phenolic OH excluding ortho intramolecular Hbond substituents is 1. The van der Waals surface area contributed by atoms with E-state index in [1.54, 1.807) is 0 Å². The minimum Gasteiger partial charge on any atom is -0.508 e. The molecule has 0 bridgehead atoms. The van der Waals surface area contributed by atoms with Gasteiger partial charge in [-0.25, -0.2) is 0 Å². The quantitative estimate of drug-likeness (QED) is 0.525. The van der Waals surface area contributed by atoms with Gasteiger partial charge in [-0.3, -0.25) is 14.9 Å². The van der Waals surface area contributed by atoms with E-state index in [0.29, 0.717) is 18.3 Å². The monoisotopic (exact) mass is 314 g/mol. The van der Waals surface area contributed by atoms with Crippen molar-refractivity contribution in [2.24, 2.45) is 5.92 Å². The lowest BCUT2D eigenvalue weighted by Gasteiger charge is -2.16. The number of anilines is 1. The second-order valence-electron chi connectivity index (χ2n) is 4.16. The van der Waals surface area contributed by atoms with Crippen molar-refractivity contribution in [2.75, 3.05) is 16.8 Å². The summed E-state index contributed by atoms with van der Waals surface area (Å²) < 4.78 is 0. The third kappa shape index (κ3) is 2.31. The number of alkyl halides is 1. The van der Waals surface area contributed by atoms with Crippen LogP contribution in [0.1, 0.15) is 6.42 Å². The summed E-state index contributed by atoms with van der Waals surface area (Å²) in [5, 5.41) is 20.9. The van der Waals surface area contributed by atoms with Gasteiger partial charge in [0, 0.05) is 18.3 Å². The second-order valence-corrected chi connectivity index (χ2v) is 4.81. The summed E-state index contributed by atoms with van der Waals surface area (Å²) >= 11 is 3.31. The number of nitro benzene ring substituents is 1. The number of carbonyl (C=O) groups is 1. The molecule has 1 N–H and O–H groups in total.